The van der Waals surface area contributed by atoms with Crippen molar-refractivity contribution in [1.82, 2.24) is 10.2 Å². The molecule has 0 unspecified atom stereocenters. The molecule has 0 atom stereocenters. The van der Waals surface area contributed by atoms with Crippen molar-refractivity contribution in [3.63, 3.8) is 0 Å². The fourth-order valence-corrected chi connectivity index (χ4v) is 3.02. The zero-order valence-electron chi connectivity index (χ0n) is 11.1. The molecular formula is C14H26N2O. The van der Waals surface area contributed by atoms with Gasteiger partial charge in [-0.1, -0.05) is 32.6 Å². The molecule has 1 heterocycles. The average Bonchev–Trinajstić information content (AvgIpc) is 2.75. The van der Waals surface area contributed by atoms with Crippen LogP contribution in [-0.4, -0.2) is 36.5 Å². The summed E-state index contributed by atoms with van der Waals surface area (Å²) in [4.78, 5) is 14.3. The lowest BCUT2D eigenvalue weighted by Gasteiger charge is -2.38. The van der Waals surface area contributed by atoms with E-state index >= 15 is 0 Å². The fourth-order valence-electron chi connectivity index (χ4n) is 3.02. The minimum Gasteiger partial charge on any atom is -0.337 e. The van der Waals surface area contributed by atoms with Crippen LogP contribution < -0.4 is 5.32 Å². The third kappa shape index (κ3) is 3.44. The van der Waals surface area contributed by atoms with Gasteiger partial charge in [-0.3, -0.25) is 4.79 Å². The van der Waals surface area contributed by atoms with E-state index in [4.69, 9.17) is 0 Å². The molecule has 98 valence electrons. The summed E-state index contributed by atoms with van der Waals surface area (Å²) in [5.41, 5.74) is 0. The highest BCUT2D eigenvalue weighted by Crippen LogP contribution is 2.28. The number of rotatable bonds is 6. The molecule has 0 spiro atoms. The van der Waals surface area contributed by atoms with Crippen molar-refractivity contribution >= 4 is 5.91 Å². The van der Waals surface area contributed by atoms with Gasteiger partial charge < -0.3 is 10.2 Å². The second-order valence-corrected chi connectivity index (χ2v) is 5.59. The zero-order valence-corrected chi connectivity index (χ0v) is 11.1. The minimum absolute atomic E-state index is 0.394. The Balaban J connectivity index is 1.74. The lowest BCUT2D eigenvalue weighted by atomic mass is 10.0. The van der Waals surface area contributed by atoms with E-state index in [0.29, 0.717) is 11.9 Å². The number of amides is 1. The van der Waals surface area contributed by atoms with Crippen LogP contribution >= 0.6 is 0 Å². The first kappa shape index (κ1) is 12.9. The van der Waals surface area contributed by atoms with E-state index in [-0.39, 0.29) is 0 Å². The molecule has 0 aromatic carbocycles. The molecule has 0 aromatic rings. The summed E-state index contributed by atoms with van der Waals surface area (Å²) in [6, 6.07) is 0.478. The molecule has 2 aliphatic rings. The maximum absolute atomic E-state index is 12.2. The number of nitrogens with one attached hydrogen (secondary N) is 1. The normalized spacial score (nSPS) is 21.5. The molecule has 1 saturated carbocycles. The Bertz CT molecular complexity index is 245. The van der Waals surface area contributed by atoms with Gasteiger partial charge in [0.25, 0.3) is 0 Å². The number of hydrogen-bond acceptors (Lipinski definition) is 2. The Morgan fingerprint density at radius 2 is 2.00 bits per heavy atom. The molecule has 0 bridgehead atoms. The molecule has 3 heteroatoms. The van der Waals surface area contributed by atoms with Crippen LogP contribution in [0, 0.1) is 5.92 Å². The Kier molecular flexibility index (Phi) is 4.84. The number of carbonyl (C=O) groups excluding carboxylic acids is 1. The monoisotopic (exact) mass is 238 g/mol. The molecule has 2 fully saturated rings. The molecule has 1 saturated heterocycles. The molecule has 1 N–H and O–H groups in total. The second kappa shape index (κ2) is 6.39. The summed E-state index contributed by atoms with van der Waals surface area (Å²) in [5, 5.41) is 3.26. The zero-order chi connectivity index (χ0) is 12.1. The molecule has 0 radical (unpaired) electrons. The third-order valence-electron chi connectivity index (χ3n) is 4.23. The van der Waals surface area contributed by atoms with E-state index in [1.54, 1.807) is 0 Å². The highest BCUT2D eigenvalue weighted by atomic mass is 16.2. The van der Waals surface area contributed by atoms with Crippen LogP contribution in [-0.2, 0) is 4.79 Å². The van der Waals surface area contributed by atoms with E-state index in [0.717, 1.165) is 44.8 Å². The molecule has 1 aliphatic heterocycles. The van der Waals surface area contributed by atoms with Crippen LogP contribution in [0.4, 0.5) is 0 Å². The maximum atomic E-state index is 12.2. The van der Waals surface area contributed by atoms with Crippen molar-refractivity contribution in [2.45, 2.75) is 57.9 Å². The first-order valence-electron chi connectivity index (χ1n) is 7.31. The van der Waals surface area contributed by atoms with Crippen molar-refractivity contribution in [1.29, 1.82) is 0 Å². The van der Waals surface area contributed by atoms with E-state index < -0.39 is 0 Å². The predicted octanol–water partition coefficient (Wildman–Crippen LogP) is 2.17. The molecule has 1 aliphatic carbocycles. The quantitative estimate of drug-likeness (QED) is 0.769. The van der Waals surface area contributed by atoms with E-state index in [9.17, 15) is 4.79 Å². The van der Waals surface area contributed by atoms with Crippen LogP contribution in [0.25, 0.3) is 0 Å². The smallest absolute Gasteiger partial charge is 0.222 e. The average molecular weight is 238 g/mol. The van der Waals surface area contributed by atoms with Gasteiger partial charge >= 0.3 is 0 Å². The van der Waals surface area contributed by atoms with Gasteiger partial charge in [-0.2, -0.15) is 0 Å². The summed E-state index contributed by atoms with van der Waals surface area (Å²) >= 11 is 0. The largest absolute Gasteiger partial charge is 0.337 e. The molecule has 17 heavy (non-hydrogen) atoms. The van der Waals surface area contributed by atoms with Crippen LogP contribution in [0.5, 0.6) is 0 Å². The van der Waals surface area contributed by atoms with Gasteiger partial charge in [0, 0.05) is 26.1 Å². The van der Waals surface area contributed by atoms with Crippen molar-refractivity contribution < 1.29 is 4.79 Å². The van der Waals surface area contributed by atoms with Crippen LogP contribution in [0.2, 0.25) is 0 Å². The molecular weight excluding hydrogens is 212 g/mol. The predicted molar refractivity (Wildman–Crippen MR) is 69.9 cm³/mol. The standard InChI is InChI=1S/C14H26N2O/c1-2-9-16(13-10-15-11-13)14(17)8-7-12-5-3-4-6-12/h12-13,15H,2-11H2,1H3. The molecule has 2 rings (SSSR count). The van der Waals surface area contributed by atoms with Crippen LogP contribution in [0.1, 0.15) is 51.9 Å². The van der Waals surface area contributed by atoms with Crippen molar-refractivity contribution in [3.8, 4) is 0 Å². The van der Waals surface area contributed by atoms with Gasteiger partial charge in [-0.25, -0.2) is 0 Å². The topological polar surface area (TPSA) is 32.3 Å². The fraction of sp³-hybridized carbons (Fsp3) is 0.929. The molecule has 3 nitrogen and oxygen atoms in total. The molecule has 0 aromatic heterocycles. The van der Waals surface area contributed by atoms with Gasteiger partial charge in [0.1, 0.15) is 0 Å². The SMILES string of the molecule is CCCN(C(=O)CCC1CCCC1)C1CNC1. The van der Waals surface area contributed by atoms with Gasteiger partial charge in [0.15, 0.2) is 0 Å². The Hall–Kier alpha value is -0.570. The lowest BCUT2D eigenvalue weighted by Crippen LogP contribution is -2.59. The first-order chi connectivity index (χ1) is 8.31. The number of hydrogen-bond donors (Lipinski definition) is 1. The van der Waals surface area contributed by atoms with Gasteiger partial charge in [-0.05, 0) is 18.8 Å². The van der Waals surface area contributed by atoms with Gasteiger partial charge in [0.05, 0.1) is 6.04 Å². The van der Waals surface area contributed by atoms with Crippen LogP contribution in [0.3, 0.4) is 0 Å². The number of carbonyl (C=O) groups is 1. The summed E-state index contributed by atoms with van der Waals surface area (Å²) in [6.45, 7) is 5.09. The van der Waals surface area contributed by atoms with E-state index in [2.05, 4.69) is 17.1 Å². The van der Waals surface area contributed by atoms with Crippen LogP contribution in [0.15, 0.2) is 0 Å². The lowest BCUT2D eigenvalue weighted by molar-refractivity contribution is -0.134. The molecule has 1 amide bonds. The van der Waals surface area contributed by atoms with Crippen molar-refractivity contribution in [2.24, 2.45) is 5.92 Å². The van der Waals surface area contributed by atoms with E-state index in [1.807, 2.05) is 0 Å². The minimum atomic E-state index is 0.394. The maximum Gasteiger partial charge on any atom is 0.222 e. The highest BCUT2D eigenvalue weighted by Gasteiger charge is 2.28. The Morgan fingerprint density at radius 1 is 1.29 bits per heavy atom. The van der Waals surface area contributed by atoms with Gasteiger partial charge in [0.2, 0.25) is 5.91 Å². The van der Waals surface area contributed by atoms with Crippen molar-refractivity contribution in [3.05, 3.63) is 0 Å². The summed E-state index contributed by atoms with van der Waals surface area (Å²) < 4.78 is 0. The van der Waals surface area contributed by atoms with Gasteiger partial charge in [-0.15, -0.1) is 0 Å². The Morgan fingerprint density at radius 3 is 2.53 bits per heavy atom. The first-order valence-corrected chi connectivity index (χ1v) is 7.31. The second-order valence-electron chi connectivity index (χ2n) is 5.59. The van der Waals surface area contributed by atoms with E-state index in [1.165, 1.54) is 25.7 Å². The summed E-state index contributed by atoms with van der Waals surface area (Å²) in [5.74, 6) is 1.23. The van der Waals surface area contributed by atoms with Crippen molar-refractivity contribution in [2.75, 3.05) is 19.6 Å². The third-order valence-corrected chi connectivity index (χ3v) is 4.23. The number of nitrogens with zero attached hydrogens (tertiary/aromatic N) is 1. The summed E-state index contributed by atoms with van der Waals surface area (Å²) in [7, 11) is 0. The Labute approximate surface area is 105 Å². The highest BCUT2D eigenvalue weighted by molar-refractivity contribution is 5.76. The summed E-state index contributed by atoms with van der Waals surface area (Å²) in [6.07, 6.45) is 8.44.